The highest BCUT2D eigenvalue weighted by molar-refractivity contribution is 7.91. The molecule has 0 aromatic heterocycles. The Morgan fingerprint density at radius 1 is 1.71 bits per heavy atom. The molecule has 2 atom stereocenters. The Morgan fingerprint density at radius 3 is 3.00 bits per heavy atom. The number of carbonyl (C=O) groups is 1. The third-order valence-corrected chi connectivity index (χ3v) is 4.02. The Morgan fingerprint density at radius 2 is 2.43 bits per heavy atom. The molecule has 4 nitrogen and oxygen atoms in total. The standard InChI is InChI=1S/C9H17NO3S/c1-2-14(13)7-8-4-3-5-10(6-8)9(11)12/h8H,2-7H2,1H3,(H,11,12)/t8-,14?/m0/s1. The molecule has 0 aromatic carbocycles. The minimum Gasteiger partial charge on any atom is -0.616 e. The smallest absolute Gasteiger partial charge is 0.407 e. The van der Waals surface area contributed by atoms with Crippen LogP contribution in [0.5, 0.6) is 0 Å². The summed E-state index contributed by atoms with van der Waals surface area (Å²) >= 11 is -0.772. The molecule has 1 rings (SSSR count). The lowest BCUT2D eigenvalue weighted by Crippen LogP contribution is -2.41. The summed E-state index contributed by atoms with van der Waals surface area (Å²) in [6.07, 6.45) is 1.06. The Bertz CT molecular complexity index is 200. The van der Waals surface area contributed by atoms with Crippen molar-refractivity contribution in [2.24, 2.45) is 5.92 Å². The summed E-state index contributed by atoms with van der Waals surface area (Å²) in [7, 11) is 0. The SMILES string of the molecule is CC[S+]([O-])C[C@H]1CCCN(C(=O)O)C1. The van der Waals surface area contributed by atoms with Crippen molar-refractivity contribution in [1.82, 2.24) is 4.90 Å². The fraction of sp³-hybridized carbons (Fsp3) is 0.889. The first kappa shape index (κ1) is 11.7. The summed E-state index contributed by atoms with van der Waals surface area (Å²) in [6.45, 7) is 3.08. The maximum absolute atomic E-state index is 11.3. The van der Waals surface area contributed by atoms with Crippen molar-refractivity contribution in [3.8, 4) is 0 Å². The van der Waals surface area contributed by atoms with E-state index in [9.17, 15) is 9.35 Å². The van der Waals surface area contributed by atoms with Crippen LogP contribution in [0.3, 0.4) is 0 Å². The van der Waals surface area contributed by atoms with Gasteiger partial charge in [-0.15, -0.1) is 0 Å². The Labute approximate surface area is 87.5 Å². The van der Waals surface area contributed by atoms with Crippen LogP contribution in [-0.2, 0) is 11.2 Å². The van der Waals surface area contributed by atoms with Crippen molar-refractivity contribution in [3.05, 3.63) is 0 Å². The second kappa shape index (κ2) is 5.46. The van der Waals surface area contributed by atoms with Gasteiger partial charge in [-0.05, 0) is 19.8 Å². The number of amides is 1. The van der Waals surface area contributed by atoms with Crippen molar-refractivity contribution < 1.29 is 14.5 Å². The fourth-order valence-corrected chi connectivity index (χ4v) is 2.79. The van der Waals surface area contributed by atoms with E-state index >= 15 is 0 Å². The monoisotopic (exact) mass is 219 g/mol. The highest BCUT2D eigenvalue weighted by Crippen LogP contribution is 2.18. The van der Waals surface area contributed by atoms with Crippen LogP contribution in [0.25, 0.3) is 0 Å². The van der Waals surface area contributed by atoms with E-state index in [0.717, 1.165) is 12.8 Å². The van der Waals surface area contributed by atoms with E-state index in [1.807, 2.05) is 6.92 Å². The van der Waals surface area contributed by atoms with Crippen molar-refractivity contribution in [1.29, 1.82) is 0 Å². The van der Waals surface area contributed by atoms with Gasteiger partial charge >= 0.3 is 6.09 Å². The van der Waals surface area contributed by atoms with E-state index in [4.69, 9.17) is 5.11 Å². The molecule has 1 unspecified atom stereocenters. The van der Waals surface area contributed by atoms with Crippen molar-refractivity contribution in [2.75, 3.05) is 24.6 Å². The lowest BCUT2D eigenvalue weighted by molar-refractivity contribution is 0.123. The molecular formula is C9H17NO3S. The predicted molar refractivity (Wildman–Crippen MR) is 55.9 cm³/mol. The highest BCUT2D eigenvalue weighted by atomic mass is 32.2. The zero-order valence-corrected chi connectivity index (χ0v) is 9.26. The average molecular weight is 219 g/mol. The van der Waals surface area contributed by atoms with Crippen LogP contribution in [0.2, 0.25) is 0 Å². The summed E-state index contributed by atoms with van der Waals surface area (Å²) in [5.74, 6) is 1.62. The van der Waals surface area contributed by atoms with E-state index in [1.54, 1.807) is 0 Å². The van der Waals surface area contributed by atoms with Crippen LogP contribution in [0, 0.1) is 5.92 Å². The third kappa shape index (κ3) is 3.38. The van der Waals surface area contributed by atoms with Gasteiger partial charge in [0, 0.05) is 19.0 Å². The van der Waals surface area contributed by atoms with E-state index in [0.29, 0.717) is 30.5 Å². The summed E-state index contributed by atoms with van der Waals surface area (Å²) in [6, 6.07) is 0. The number of hydrogen-bond donors (Lipinski definition) is 1. The molecule has 1 aliphatic heterocycles. The first-order valence-electron chi connectivity index (χ1n) is 4.96. The molecule has 1 fully saturated rings. The van der Waals surface area contributed by atoms with E-state index in [2.05, 4.69) is 0 Å². The summed E-state index contributed by atoms with van der Waals surface area (Å²) in [5, 5.41) is 8.80. The number of piperidine rings is 1. The van der Waals surface area contributed by atoms with Gasteiger partial charge in [-0.25, -0.2) is 4.79 Å². The zero-order valence-electron chi connectivity index (χ0n) is 8.44. The molecule has 0 spiro atoms. The largest absolute Gasteiger partial charge is 0.616 e. The molecule has 0 aliphatic carbocycles. The van der Waals surface area contributed by atoms with Crippen LogP contribution in [0.4, 0.5) is 4.79 Å². The molecule has 0 radical (unpaired) electrons. The molecular weight excluding hydrogens is 202 g/mol. The van der Waals surface area contributed by atoms with Gasteiger partial charge < -0.3 is 14.6 Å². The van der Waals surface area contributed by atoms with E-state index in [-0.39, 0.29) is 0 Å². The first-order chi connectivity index (χ1) is 6.63. The number of carboxylic acid groups (broad SMARTS) is 1. The zero-order chi connectivity index (χ0) is 10.6. The molecule has 1 heterocycles. The van der Waals surface area contributed by atoms with Crippen LogP contribution >= 0.6 is 0 Å². The van der Waals surface area contributed by atoms with E-state index in [1.165, 1.54) is 4.90 Å². The predicted octanol–water partition coefficient (Wildman–Crippen LogP) is 1.15. The van der Waals surface area contributed by atoms with Crippen LogP contribution in [0.15, 0.2) is 0 Å². The normalized spacial score (nSPS) is 24.7. The average Bonchev–Trinajstić information content (AvgIpc) is 2.18. The van der Waals surface area contributed by atoms with Gasteiger partial charge in [0.2, 0.25) is 0 Å². The topological polar surface area (TPSA) is 63.6 Å². The molecule has 82 valence electrons. The van der Waals surface area contributed by atoms with Gasteiger partial charge in [0.15, 0.2) is 0 Å². The van der Waals surface area contributed by atoms with Gasteiger partial charge in [-0.1, -0.05) is 11.2 Å². The highest BCUT2D eigenvalue weighted by Gasteiger charge is 2.25. The van der Waals surface area contributed by atoms with Crippen LogP contribution < -0.4 is 0 Å². The Balaban J connectivity index is 2.36. The first-order valence-corrected chi connectivity index (χ1v) is 6.45. The number of rotatable bonds is 3. The molecule has 14 heavy (non-hydrogen) atoms. The van der Waals surface area contributed by atoms with Gasteiger partial charge in [0.25, 0.3) is 0 Å². The fourth-order valence-electron chi connectivity index (χ4n) is 1.76. The Kier molecular flexibility index (Phi) is 4.54. The third-order valence-electron chi connectivity index (χ3n) is 2.53. The maximum atomic E-state index is 11.3. The van der Waals surface area contributed by atoms with Crippen molar-refractivity contribution in [3.63, 3.8) is 0 Å². The number of likely N-dealkylation sites (tertiary alicyclic amines) is 1. The summed E-state index contributed by atoms with van der Waals surface area (Å²) in [5.41, 5.74) is 0. The molecule has 0 saturated carbocycles. The molecule has 1 amide bonds. The molecule has 1 N–H and O–H groups in total. The second-order valence-corrected chi connectivity index (χ2v) is 5.42. The summed E-state index contributed by atoms with van der Waals surface area (Å²) in [4.78, 5) is 12.1. The van der Waals surface area contributed by atoms with Crippen LogP contribution in [-0.4, -0.2) is 45.2 Å². The van der Waals surface area contributed by atoms with Gasteiger partial charge in [-0.3, -0.25) is 0 Å². The second-order valence-electron chi connectivity index (χ2n) is 3.63. The summed E-state index contributed by atoms with van der Waals surface area (Å²) < 4.78 is 11.3. The van der Waals surface area contributed by atoms with Gasteiger partial charge in [0.05, 0.1) is 0 Å². The minimum absolute atomic E-state index is 0.292. The van der Waals surface area contributed by atoms with Crippen molar-refractivity contribution in [2.45, 2.75) is 19.8 Å². The Hall–Kier alpha value is -0.420. The lowest BCUT2D eigenvalue weighted by atomic mass is 10.0. The van der Waals surface area contributed by atoms with Gasteiger partial charge in [0.1, 0.15) is 11.5 Å². The molecule has 0 aromatic rings. The molecule has 1 aliphatic rings. The quantitative estimate of drug-likeness (QED) is 0.724. The lowest BCUT2D eigenvalue weighted by Gasteiger charge is -2.30. The van der Waals surface area contributed by atoms with Crippen LogP contribution in [0.1, 0.15) is 19.8 Å². The van der Waals surface area contributed by atoms with Gasteiger partial charge in [-0.2, -0.15) is 0 Å². The molecule has 1 saturated heterocycles. The minimum atomic E-state index is -0.850. The molecule has 0 bridgehead atoms. The van der Waals surface area contributed by atoms with Crippen molar-refractivity contribution >= 4 is 17.3 Å². The molecule has 5 heteroatoms. The number of nitrogens with zero attached hydrogens (tertiary/aromatic N) is 1. The van der Waals surface area contributed by atoms with E-state index < -0.39 is 17.3 Å². The maximum Gasteiger partial charge on any atom is 0.407 e. The number of hydrogen-bond acceptors (Lipinski definition) is 2.